The van der Waals surface area contributed by atoms with Gasteiger partial charge in [-0.1, -0.05) is 28.9 Å². The van der Waals surface area contributed by atoms with E-state index in [1.807, 2.05) is 6.07 Å². The van der Waals surface area contributed by atoms with Gasteiger partial charge < -0.3 is 10.6 Å². The molecule has 0 aliphatic carbocycles. The summed E-state index contributed by atoms with van der Waals surface area (Å²) in [5.74, 6) is -2.99. The molecule has 0 saturated carbocycles. The lowest BCUT2D eigenvalue weighted by Crippen LogP contribution is -2.13. The molecule has 0 aliphatic rings. The lowest BCUT2D eigenvalue weighted by atomic mass is 10.0. The number of nitrogens with zero attached hydrogens (tertiary/aromatic N) is 6. The summed E-state index contributed by atoms with van der Waals surface area (Å²) in [5.41, 5.74) is 1.20. The zero-order chi connectivity index (χ0) is 29.3. The van der Waals surface area contributed by atoms with Gasteiger partial charge >= 0.3 is 0 Å². The highest BCUT2D eigenvalue weighted by Gasteiger charge is 2.21. The number of rotatable bonds is 8. The zero-order valence-corrected chi connectivity index (χ0v) is 21.4. The molecule has 13 heteroatoms. The van der Waals surface area contributed by atoms with E-state index in [1.54, 1.807) is 13.0 Å². The summed E-state index contributed by atoms with van der Waals surface area (Å²) in [4.78, 5) is 7.62. The topological polar surface area (TPSA) is 104 Å². The molecular weight excluding hydrogens is 548 g/mol. The molecule has 5 aromatic rings. The first kappa shape index (κ1) is 25.5. The highest BCUT2D eigenvalue weighted by atomic mass is 35.5. The predicted octanol–water partition coefficient (Wildman–Crippen LogP) is 6.64. The molecule has 8 nitrogen and oxygen atoms in total. The quantitative estimate of drug-likeness (QED) is 0.160. The molecule has 0 amide bonds. The Balaban J connectivity index is 1.65. The Morgan fingerprint density at radius 2 is 1.88 bits per heavy atom. The summed E-state index contributed by atoms with van der Waals surface area (Å²) in [6.07, 6.45) is 3.74. The van der Waals surface area contributed by atoms with Crippen molar-refractivity contribution < 1.29 is 18.9 Å². The summed E-state index contributed by atoms with van der Waals surface area (Å²) < 4.78 is 65.0. The minimum absolute atomic E-state index is 0.0575. The van der Waals surface area contributed by atoms with E-state index in [-0.39, 0.29) is 44.4 Å². The van der Waals surface area contributed by atoms with Gasteiger partial charge in [-0.2, -0.15) is 9.65 Å². The first-order valence-corrected chi connectivity index (χ1v) is 12.1. The van der Waals surface area contributed by atoms with Crippen molar-refractivity contribution in [3.63, 3.8) is 0 Å². The monoisotopic (exact) mass is 567 g/mol. The lowest BCUT2D eigenvalue weighted by Gasteiger charge is -2.20. The Kier molecular flexibility index (Phi) is 7.11. The van der Waals surface area contributed by atoms with E-state index < -0.39 is 36.3 Å². The first-order chi connectivity index (χ1) is 19.6. The number of nitrogens with one attached hydrogen (secondary N) is 2. The summed E-state index contributed by atoms with van der Waals surface area (Å²) >= 11 is 6.57. The number of pyridine rings is 2. The number of halogens is 5. The van der Waals surface area contributed by atoms with E-state index in [0.717, 1.165) is 12.3 Å². The fraction of sp³-hybridized carbons (Fsp3) is 0.148. The first-order valence-electron chi connectivity index (χ1n) is 12.3. The minimum atomic E-state index is -1.86. The minimum Gasteiger partial charge on any atom is -0.373 e. The molecule has 5 rings (SSSR count). The van der Waals surface area contributed by atoms with Gasteiger partial charge in [-0.25, -0.2) is 22.8 Å². The molecule has 0 bridgehead atoms. The lowest BCUT2D eigenvalue weighted by molar-refractivity contribution is 0.351. The van der Waals surface area contributed by atoms with Gasteiger partial charge in [0.25, 0.3) is 0 Å². The zero-order valence-electron chi connectivity index (χ0n) is 21.6. The van der Waals surface area contributed by atoms with Crippen LogP contribution in [0, 0.1) is 28.9 Å². The Morgan fingerprint density at radius 1 is 1.10 bits per heavy atom. The smallest absolute Gasteiger partial charge is 0.249 e. The van der Waals surface area contributed by atoms with E-state index in [9.17, 15) is 24.2 Å². The van der Waals surface area contributed by atoms with Crippen molar-refractivity contribution >= 4 is 39.6 Å². The van der Waals surface area contributed by atoms with Crippen molar-refractivity contribution in [3.8, 4) is 6.07 Å². The molecule has 0 fully saturated rings. The van der Waals surface area contributed by atoms with Crippen molar-refractivity contribution in [2.45, 2.75) is 19.0 Å². The van der Waals surface area contributed by atoms with Gasteiger partial charge in [0.05, 0.1) is 53.3 Å². The number of hydrogen-bond donors (Lipinski definition) is 2. The second kappa shape index (κ2) is 11.2. The van der Waals surface area contributed by atoms with Crippen LogP contribution in [0.1, 0.15) is 37.2 Å². The predicted molar refractivity (Wildman–Crippen MR) is 141 cm³/mol. The maximum absolute atomic E-state index is 13.9. The van der Waals surface area contributed by atoms with Crippen molar-refractivity contribution in [1.82, 2.24) is 25.0 Å². The average Bonchev–Trinajstić information content (AvgIpc) is 3.46. The van der Waals surface area contributed by atoms with Gasteiger partial charge in [-0.15, -0.1) is 5.10 Å². The van der Waals surface area contributed by atoms with Crippen LogP contribution in [-0.2, 0) is 0 Å². The Bertz CT molecular complexity index is 1790. The second-order valence-corrected chi connectivity index (χ2v) is 9.14. The van der Waals surface area contributed by atoms with E-state index >= 15 is 0 Å². The summed E-state index contributed by atoms with van der Waals surface area (Å²) in [6.45, 7) is 0.880. The fourth-order valence-corrected chi connectivity index (χ4v) is 4.18. The molecule has 2 aromatic carbocycles. The molecule has 40 heavy (non-hydrogen) atoms. The van der Waals surface area contributed by atoms with Gasteiger partial charge in [-0.05, 0) is 36.8 Å². The number of hydrogen-bond acceptors (Lipinski definition) is 7. The number of benzene rings is 2. The number of fused-ring (bicyclic) bond motifs is 1. The Hall–Kier alpha value is -4.76. The van der Waals surface area contributed by atoms with Crippen molar-refractivity contribution in [2.24, 2.45) is 0 Å². The number of anilines is 3. The molecule has 0 saturated heterocycles. The van der Waals surface area contributed by atoms with Crippen LogP contribution in [0.25, 0.3) is 10.9 Å². The van der Waals surface area contributed by atoms with E-state index in [2.05, 4.69) is 30.9 Å². The SMILES string of the molecule is [2H][C@@](Nc1cc(Cl)c2ncc(C#N)c(Nc3cnc(F)c(F)c3)c2c1)(c1ccc(F)cc1)c1cn([C@@H](C)CF)nn1. The summed E-state index contributed by atoms with van der Waals surface area (Å²) in [6, 6.07) is 8.57. The highest BCUT2D eigenvalue weighted by molar-refractivity contribution is 6.36. The number of nitriles is 1. The second-order valence-electron chi connectivity index (χ2n) is 8.73. The molecule has 0 aliphatic heterocycles. The standard InChI is InChI=1S/C27H19ClF4N8/c1-14(9-29)40-13-23(38-39-40)25(15-2-4-17(30)5-3-15)36-18-6-20-24(37-19-8-22(31)27(32)35-12-19)16(10-33)11-34-26(20)21(28)7-18/h2-8,11-14,25,36H,9H2,1H3,(H,34,37)/t14-,25+/m0/s1/i25D. The normalized spacial score (nSPS) is 13.8. The van der Waals surface area contributed by atoms with Crippen LogP contribution in [0.15, 0.2) is 61.1 Å². The Labute approximate surface area is 231 Å². The van der Waals surface area contributed by atoms with Crippen LogP contribution >= 0.6 is 11.6 Å². The molecule has 0 spiro atoms. The molecular formula is C27H19ClF4N8. The molecule has 3 heterocycles. The van der Waals surface area contributed by atoms with Crippen LogP contribution in [0.5, 0.6) is 0 Å². The van der Waals surface area contributed by atoms with Gasteiger partial charge in [0.15, 0.2) is 5.82 Å². The summed E-state index contributed by atoms with van der Waals surface area (Å²) in [7, 11) is 0. The third-order valence-electron chi connectivity index (χ3n) is 5.95. The van der Waals surface area contributed by atoms with Gasteiger partial charge in [0.1, 0.15) is 24.3 Å². The Morgan fingerprint density at radius 3 is 2.58 bits per heavy atom. The third kappa shape index (κ3) is 5.37. The maximum Gasteiger partial charge on any atom is 0.249 e. The number of aromatic nitrogens is 5. The van der Waals surface area contributed by atoms with Crippen molar-refractivity contribution in [2.75, 3.05) is 17.3 Å². The van der Waals surface area contributed by atoms with Crippen LogP contribution in [0.2, 0.25) is 5.02 Å². The van der Waals surface area contributed by atoms with Gasteiger partial charge in [0, 0.05) is 23.3 Å². The van der Waals surface area contributed by atoms with Crippen LogP contribution in [0.4, 0.5) is 34.6 Å². The van der Waals surface area contributed by atoms with Crippen molar-refractivity contribution in [3.05, 3.63) is 100 Å². The van der Waals surface area contributed by atoms with Crippen molar-refractivity contribution in [1.29, 1.82) is 5.26 Å². The molecule has 2 atom stereocenters. The van der Waals surface area contributed by atoms with E-state index in [1.165, 1.54) is 47.4 Å². The average molecular weight is 568 g/mol. The molecule has 0 radical (unpaired) electrons. The molecule has 202 valence electrons. The van der Waals surface area contributed by atoms with E-state index in [4.69, 9.17) is 11.6 Å². The molecule has 0 unspecified atom stereocenters. The summed E-state index contributed by atoms with van der Waals surface area (Å²) in [5, 5.41) is 24.1. The number of alkyl halides is 1. The van der Waals surface area contributed by atoms with Crippen LogP contribution in [0.3, 0.4) is 0 Å². The maximum atomic E-state index is 13.9. The highest BCUT2D eigenvalue weighted by Crippen LogP contribution is 2.36. The van der Waals surface area contributed by atoms with E-state index in [0.29, 0.717) is 5.39 Å². The largest absolute Gasteiger partial charge is 0.373 e. The van der Waals surface area contributed by atoms with Gasteiger partial charge in [0.2, 0.25) is 5.95 Å². The van der Waals surface area contributed by atoms with Crippen LogP contribution in [-0.4, -0.2) is 31.6 Å². The molecule has 2 N–H and O–H groups in total. The fourth-order valence-electron chi connectivity index (χ4n) is 3.91. The molecule has 3 aromatic heterocycles. The third-order valence-corrected chi connectivity index (χ3v) is 6.24. The van der Waals surface area contributed by atoms with Gasteiger partial charge in [-0.3, -0.25) is 4.98 Å². The van der Waals surface area contributed by atoms with Crippen LogP contribution < -0.4 is 10.6 Å².